The molecule has 0 bridgehead atoms. The van der Waals surface area contributed by atoms with Crippen LogP contribution in [0.25, 0.3) is 0 Å². The van der Waals surface area contributed by atoms with Gasteiger partial charge in [-0.1, -0.05) is 31.2 Å². The van der Waals surface area contributed by atoms with Crippen molar-refractivity contribution in [3.05, 3.63) is 35.4 Å². The lowest BCUT2D eigenvalue weighted by Crippen LogP contribution is -1.91. The van der Waals surface area contributed by atoms with Crippen LogP contribution < -0.4 is 0 Å². The Morgan fingerprint density at radius 2 is 2.15 bits per heavy atom. The molecule has 13 heavy (non-hydrogen) atoms. The first-order valence-corrected chi connectivity index (χ1v) is 5.54. The van der Waals surface area contributed by atoms with E-state index in [4.69, 9.17) is 11.6 Å². The van der Waals surface area contributed by atoms with Crippen molar-refractivity contribution < 1.29 is 0 Å². The summed E-state index contributed by atoms with van der Waals surface area (Å²) >= 11 is 5.84. The Balaban J connectivity index is 2.20. The summed E-state index contributed by atoms with van der Waals surface area (Å²) in [5.74, 6) is 2.32. The lowest BCUT2D eigenvalue weighted by atomic mass is 10.0. The van der Waals surface area contributed by atoms with Gasteiger partial charge < -0.3 is 0 Å². The molecule has 1 aromatic carbocycles. The molecule has 0 spiro atoms. The van der Waals surface area contributed by atoms with Crippen LogP contribution in [0.4, 0.5) is 0 Å². The number of alkyl halides is 1. The standard InChI is InChI=1S/C12H15Cl/c1-2-9-5-3-4-6-11(9)12-7-10(12)8-13/h3-6,10,12H,2,7-8H2,1H3. The Kier molecular flexibility index (Phi) is 2.59. The number of hydrogen-bond donors (Lipinski definition) is 0. The predicted molar refractivity (Wildman–Crippen MR) is 57.4 cm³/mol. The maximum absolute atomic E-state index is 5.84. The lowest BCUT2D eigenvalue weighted by molar-refractivity contribution is 0.906. The molecule has 2 atom stereocenters. The minimum Gasteiger partial charge on any atom is -0.126 e. The molecule has 0 radical (unpaired) electrons. The molecular weight excluding hydrogens is 180 g/mol. The Labute approximate surface area is 84.9 Å². The molecule has 2 unspecified atom stereocenters. The number of halogens is 1. The van der Waals surface area contributed by atoms with E-state index in [-0.39, 0.29) is 0 Å². The summed E-state index contributed by atoms with van der Waals surface area (Å²) in [4.78, 5) is 0. The van der Waals surface area contributed by atoms with Gasteiger partial charge in [-0.2, -0.15) is 0 Å². The van der Waals surface area contributed by atoms with Gasteiger partial charge in [0.05, 0.1) is 0 Å². The van der Waals surface area contributed by atoms with E-state index < -0.39 is 0 Å². The molecule has 1 aliphatic rings. The number of aryl methyl sites for hydroxylation is 1. The molecule has 1 fully saturated rings. The van der Waals surface area contributed by atoms with Gasteiger partial charge in [0.2, 0.25) is 0 Å². The van der Waals surface area contributed by atoms with Crippen LogP contribution in [0.2, 0.25) is 0 Å². The monoisotopic (exact) mass is 194 g/mol. The summed E-state index contributed by atoms with van der Waals surface area (Å²) in [6, 6.07) is 8.76. The van der Waals surface area contributed by atoms with E-state index in [9.17, 15) is 0 Å². The molecular formula is C12H15Cl. The molecule has 1 saturated carbocycles. The highest BCUT2D eigenvalue weighted by atomic mass is 35.5. The molecule has 0 aliphatic heterocycles. The van der Waals surface area contributed by atoms with Gasteiger partial charge in [0.25, 0.3) is 0 Å². The predicted octanol–water partition coefficient (Wildman–Crippen LogP) is 3.59. The number of benzene rings is 1. The van der Waals surface area contributed by atoms with Crippen LogP contribution >= 0.6 is 11.6 Å². The smallest absolute Gasteiger partial charge is 0.0257 e. The van der Waals surface area contributed by atoms with E-state index in [0.29, 0.717) is 0 Å². The molecule has 0 N–H and O–H groups in total. The minimum absolute atomic E-state index is 0.745. The first kappa shape index (κ1) is 9.08. The second-order valence-electron chi connectivity index (χ2n) is 3.81. The molecule has 1 aromatic rings. The summed E-state index contributed by atoms with van der Waals surface area (Å²) < 4.78 is 0. The maximum Gasteiger partial charge on any atom is 0.0257 e. The largest absolute Gasteiger partial charge is 0.126 e. The highest BCUT2D eigenvalue weighted by Crippen LogP contribution is 2.49. The van der Waals surface area contributed by atoms with E-state index in [1.54, 1.807) is 0 Å². The third-order valence-electron chi connectivity index (χ3n) is 2.96. The van der Waals surface area contributed by atoms with Crippen molar-refractivity contribution in [2.45, 2.75) is 25.7 Å². The van der Waals surface area contributed by atoms with Crippen molar-refractivity contribution in [3.63, 3.8) is 0 Å². The van der Waals surface area contributed by atoms with Crippen LogP contribution in [0.15, 0.2) is 24.3 Å². The molecule has 0 aromatic heterocycles. The summed E-state index contributed by atoms with van der Waals surface area (Å²) in [6.45, 7) is 2.22. The van der Waals surface area contributed by atoms with E-state index in [1.165, 1.54) is 17.5 Å². The zero-order valence-electron chi connectivity index (χ0n) is 7.96. The molecule has 0 heterocycles. The highest BCUT2D eigenvalue weighted by Gasteiger charge is 2.38. The van der Waals surface area contributed by atoms with Crippen molar-refractivity contribution in [1.29, 1.82) is 0 Å². The summed E-state index contributed by atoms with van der Waals surface area (Å²) in [5, 5.41) is 0. The molecule has 1 aliphatic carbocycles. The summed E-state index contributed by atoms with van der Waals surface area (Å²) in [7, 11) is 0. The Morgan fingerprint density at radius 3 is 2.77 bits per heavy atom. The van der Waals surface area contributed by atoms with E-state index >= 15 is 0 Å². The van der Waals surface area contributed by atoms with Gasteiger partial charge in [0.15, 0.2) is 0 Å². The third kappa shape index (κ3) is 1.73. The maximum atomic E-state index is 5.84. The van der Waals surface area contributed by atoms with Gasteiger partial charge >= 0.3 is 0 Å². The molecule has 0 amide bonds. The van der Waals surface area contributed by atoms with Crippen molar-refractivity contribution in [3.8, 4) is 0 Å². The van der Waals surface area contributed by atoms with Gasteiger partial charge in [-0.25, -0.2) is 0 Å². The van der Waals surface area contributed by atoms with Crippen molar-refractivity contribution in [2.24, 2.45) is 5.92 Å². The molecule has 0 nitrogen and oxygen atoms in total. The average molecular weight is 195 g/mol. The first-order chi connectivity index (χ1) is 6.36. The summed E-state index contributed by atoms with van der Waals surface area (Å²) in [6.07, 6.45) is 2.43. The van der Waals surface area contributed by atoms with Crippen LogP contribution in [0.1, 0.15) is 30.4 Å². The second-order valence-corrected chi connectivity index (χ2v) is 4.12. The van der Waals surface area contributed by atoms with Crippen molar-refractivity contribution >= 4 is 11.6 Å². The fourth-order valence-corrected chi connectivity index (χ4v) is 2.36. The van der Waals surface area contributed by atoms with E-state index in [1.807, 2.05) is 0 Å². The minimum atomic E-state index is 0.745. The summed E-state index contributed by atoms with van der Waals surface area (Å²) in [5.41, 5.74) is 3.04. The topological polar surface area (TPSA) is 0 Å². The average Bonchev–Trinajstić information content (AvgIpc) is 2.96. The second kappa shape index (κ2) is 3.71. The van der Waals surface area contributed by atoms with E-state index in [0.717, 1.165) is 24.1 Å². The zero-order chi connectivity index (χ0) is 9.26. The van der Waals surface area contributed by atoms with Gasteiger partial charge in [-0.05, 0) is 35.8 Å². The van der Waals surface area contributed by atoms with Gasteiger partial charge in [-0.3, -0.25) is 0 Å². The van der Waals surface area contributed by atoms with Gasteiger partial charge in [-0.15, -0.1) is 11.6 Å². The molecule has 70 valence electrons. The SMILES string of the molecule is CCc1ccccc1C1CC1CCl. The van der Waals surface area contributed by atoms with Crippen LogP contribution in [-0.2, 0) is 6.42 Å². The molecule has 0 saturated heterocycles. The van der Waals surface area contributed by atoms with E-state index in [2.05, 4.69) is 31.2 Å². The van der Waals surface area contributed by atoms with Gasteiger partial charge in [0.1, 0.15) is 0 Å². The van der Waals surface area contributed by atoms with Crippen LogP contribution in [0.3, 0.4) is 0 Å². The third-order valence-corrected chi connectivity index (χ3v) is 3.35. The molecule has 2 rings (SSSR count). The molecule has 1 heteroatoms. The van der Waals surface area contributed by atoms with Crippen molar-refractivity contribution in [1.82, 2.24) is 0 Å². The normalized spacial score (nSPS) is 26.0. The Bertz CT molecular complexity index is 293. The van der Waals surface area contributed by atoms with Crippen LogP contribution in [-0.4, -0.2) is 5.88 Å². The van der Waals surface area contributed by atoms with Crippen LogP contribution in [0.5, 0.6) is 0 Å². The quantitative estimate of drug-likeness (QED) is 0.646. The number of hydrogen-bond acceptors (Lipinski definition) is 0. The Morgan fingerprint density at radius 1 is 1.38 bits per heavy atom. The Hall–Kier alpha value is -0.490. The number of rotatable bonds is 3. The lowest BCUT2D eigenvalue weighted by Gasteiger charge is -2.05. The van der Waals surface area contributed by atoms with Gasteiger partial charge in [0, 0.05) is 5.88 Å². The fraction of sp³-hybridized carbons (Fsp3) is 0.500. The fourth-order valence-electron chi connectivity index (χ4n) is 2.02. The van der Waals surface area contributed by atoms with Crippen LogP contribution in [0, 0.1) is 5.92 Å². The zero-order valence-corrected chi connectivity index (χ0v) is 8.72. The first-order valence-electron chi connectivity index (χ1n) is 5.00. The highest BCUT2D eigenvalue weighted by molar-refractivity contribution is 6.18. The van der Waals surface area contributed by atoms with Crippen molar-refractivity contribution in [2.75, 3.05) is 5.88 Å².